The van der Waals surface area contributed by atoms with Gasteiger partial charge in [0.1, 0.15) is 11.5 Å². The number of rotatable bonds is 2. The van der Waals surface area contributed by atoms with E-state index in [0.29, 0.717) is 23.8 Å². The number of nitrogens with zero attached hydrogens (tertiary/aromatic N) is 2. The zero-order valence-corrected chi connectivity index (χ0v) is 12.5. The minimum Gasteiger partial charge on any atom is -0.481 e. The van der Waals surface area contributed by atoms with Gasteiger partial charge in [-0.2, -0.15) is 0 Å². The maximum absolute atomic E-state index is 12.7. The Kier molecular flexibility index (Phi) is 3.44. The van der Waals surface area contributed by atoms with Crippen LogP contribution in [0.15, 0.2) is 24.3 Å². The number of aliphatic carboxylic acids is 1. The van der Waals surface area contributed by atoms with Crippen molar-refractivity contribution in [2.24, 2.45) is 0 Å². The van der Waals surface area contributed by atoms with E-state index in [9.17, 15) is 14.7 Å². The van der Waals surface area contributed by atoms with Gasteiger partial charge in [0.15, 0.2) is 0 Å². The summed E-state index contributed by atoms with van der Waals surface area (Å²) in [4.78, 5) is 33.0. The Bertz CT molecular complexity index is 751. The summed E-state index contributed by atoms with van der Waals surface area (Å²) in [6.07, 6.45) is 0. The molecule has 114 valence electrons. The molecular formula is C16H17N3O3. The van der Waals surface area contributed by atoms with Gasteiger partial charge in [0.05, 0.1) is 5.92 Å². The summed E-state index contributed by atoms with van der Waals surface area (Å²) in [6.45, 7) is 4.15. The molecule has 1 aliphatic rings. The molecule has 1 unspecified atom stereocenters. The van der Waals surface area contributed by atoms with E-state index in [1.165, 1.54) is 0 Å². The third kappa shape index (κ3) is 2.36. The Balaban J connectivity index is 1.95. The van der Waals surface area contributed by atoms with E-state index in [0.717, 1.165) is 11.1 Å². The molecule has 2 heterocycles. The molecule has 2 N–H and O–H groups in total. The Labute approximate surface area is 127 Å². The molecule has 0 radical (unpaired) electrons. The second-order valence-electron chi connectivity index (χ2n) is 5.57. The molecule has 22 heavy (non-hydrogen) atoms. The van der Waals surface area contributed by atoms with Crippen LogP contribution < -0.4 is 0 Å². The number of hydrogen-bond acceptors (Lipinski definition) is 3. The van der Waals surface area contributed by atoms with Gasteiger partial charge in [0.25, 0.3) is 5.91 Å². The number of aryl methyl sites for hydroxylation is 2. The van der Waals surface area contributed by atoms with Crippen LogP contribution >= 0.6 is 0 Å². The number of aromatic nitrogens is 2. The quantitative estimate of drug-likeness (QED) is 0.886. The van der Waals surface area contributed by atoms with Crippen molar-refractivity contribution in [2.45, 2.75) is 26.3 Å². The number of amides is 1. The fraction of sp³-hybridized carbons (Fsp3) is 0.312. The molecule has 0 bridgehead atoms. The van der Waals surface area contributed by atoms with Crippen LogP contribution in [0, 0.1) is 13.8 Å². The summed E-state index contributed by atoms with van der Waals surface area (Å²) in [6, 6.07) is 7.37. The number of fused-ring (bicyclic) bond motifs is 1. The average Bonchev–Trinajstić information content (AvgIpc) is 2.83. The van der Waals surface area contributed by atoms with Gasteiger partial charge in [-0.3, -0.25) is 9.59 Å². The van der Waals surface area contributed by atoms with Crippen molar-refractivity contribution in [3.8, 4) is 0 Å². The van der Waals surface area contributed by atoms with Crippen molar-refractivity contribution < 1.29 is 14.7 Å². The summed E-state index contributed by atoms with van der Waals surface area (Å²) >= 11 is 0. The molecule has 1 atom stereocenters. The minimum absolute atomic E-state index is 0.163. The number of hydrogen-bond donors (Lipinski definition) is 2. The fourth-order valence-electron chi connectivity index (χ4n) is 2.94. The number of carboxylic acids is 1. The van der Waals surface area contributed by atoms with E-state index in [-0.39, 0.29) is 12.5 Å². The largest absolute Gasteiger partial charge is 0.481 e. The van der Waals surface area contributed by atoms with E-state index in [1.54, 1.807) is 18.7 Å². The van der Waals surface area contributed by atoms with Crippen LogP contribution in [0.1, 0.15) is 39.1 Å². The van der Waals surface area contributed by atoms with Gasteiger partial charge in [-0.1, -0.05) is 24.3 Å². The summed E-state index contributed by atoms with van der Waals surface area (Å²) in [5.41, 5.74) is 2.72. The van der Waals surface area contributed by atoms with Crippen molar-refractivity contribution in [1.29, 1.82) is 0 Å². The van der Waals surface area contributed by atoms with E-state index >= 15 is 0 Å². The molecule has 1 aliphatic heterocycles. The molecule has 0 saturated heterocycles. The molecule has 2 aromatic rings. The van der Waals surface area contributed by atoms with Gasteiger partial charge < -0.3 is 15.0 Å². The van der Waals surface area contributed by atoms with Crippen LogP contribution in [0.3, 0.4) is 0 Å². The lowest BCUT2D eigenvalue weighted by Gasteiger charge is -2.32. The minimum atomic E-state index is -0.917. The average molecular weight is 299 g/mol. The van der Waals surface area contributed by atoms with Crippen LogP contribution in [0.5, 0.6) is 0 Å². The highest BCUT2D eigenvalue weighted by atomic mass is 16.4. The lowest BCUT2D eigenvalue weighted by atomic mass is 9.89. The third-order valence-electron chi connectivity index (χ3n) is 3.99. The maximum Gasteiger partial charge on any atom is 0.312 e. The number of nitrogens with one attached hydrogen (secondary N) is 1. The third-order valence-corrected chi connectivity index (χ3v) is 3.99. The van der Waals surface area contributed by atoms with Crippen LogP contribution in [0.2, 0.25) is 0 Å². The summed E-state index contributed by atoms with van der Waals surface area (Å²) in [5.74, 6) is -1.18. The van der Waals surface area contributed by atoms with Gasteiger partial charge in [0, 0.05) is 18.8 Å². The number of carbonyl (C=O) groups is 2. The SMILES string of the molecule is Cc1nc(C(=O)N2Cc3ccccc3C(C(=O)O)C2)c(C)[nH]1. The molecule has 3 rings (SSSR count). The molecular weight excluding hydrogens is 282 g/mol. The van der Waals surface area contributed by atoms with Crippen molar-refractivity contribution >= 4 is 11.9 Å². The van der Waals surface area contributed by atoms with E-state index in [4.69, 9.17) is 0 Å². The molecule has 0 spiro atoms. The topological polar surface area (TPSA) is 86.3 Å². The first-order valence-corrected chi connectivity index (χ1v) is 7.10. The number of aromatic amines is 1. The first-order chi connectivity index (χ1) is 10.5. The first-order valence-electron chi connectivity index (χ1n) is 7.10. The predicted octanol–water partition coefficient (Wildman–Crippen LogP) is 1.85. The number of imidazole rings is 1. The lowest BCUT2D eigenvalue weighted by Crippen LogP contribution is -2.41. The van der Waals surface area contributed by atoms with Gasteiger partial charge in [-0.15, -0.1) is 0 Å². The zero-order valence-electron chi connectivity index (χ0n) is 12.5. The zero-order chi connectivity index (χ0) is 15.9. The molecule has 1 aromatic heterocycles. The number of carbonyl (C=O) groups excluding carboxylic acids is 1. The highest BCUT2D eigenvalue weighted by molar-refractivity contribution is 5.94. The van der Waals surface area contributed by atoms with Crippen LogP contribution in [-0.4, -0.2) is 38.4 Å². The second kappa shape index (κ2) is 5.29. The molecule has 1 amide bonds. The van der Waals surface area contributed by atoms with Crippen LogP contribution in [0.4, 0.5) is 0 Å². The van der Waals surface area contributed by atoms with Gasteiger partial charge >= 0.3 is 5.97 Å². The molecule has 6 heteroatoms. The first kappa shape index (κ1) is 14.3. The smallest absolute Gasteiger partial charge is 0.312 e. The Morgan fingerprint density at radius 2 is 2.05 bits per heavy atom. The van der Waals surface area contributed by atoms with Crippen molar-refractivity contribution in [3.63, 3.8) is 0 Å². The van der Waals surface area contributed by atoms with Crippen molar-refractivity contribution in [3.05, 3.63) is 52.6 Å². The predicted molar refractivity (Wildman–Crippen MR) is 79.6 cm³/mol. The second-order valence-corrected chi connectivity index (χ2v) is 5.57. The van der Waals surface area contributed by atoms with Gasteiger partial charge in [-0.25, -0.2) is 4.98 Å². The number of benzene rings is 1. The summed E-state index contributed by atoms with van der Waals surface area (Å²) in [7, 11) is 0. The van der Waals surface area contributed by atoms with E-state index < -0.39 is 11.9 Å². The normalized spacial score (nSPS) is 17.2. The molecule has 0 aliphatic carbocycles. The van der Waals surface area contributed by atoms with E-state index in [1.807, 2.05) is 24.3 Å². The molecule has 6 nitrogen and oxygen atoms in total. The highest BCUT2D eigenvalue weighted by Gasteiger charge is 2.33. The van der Waals surface area contributed by atoms with Gasteiger partial charge in [0.2, 0.25) is 0 Å². The Morgan fingerprint density at radius 3 is 2.68 bits per heavy atom. The van der Waals surface area contributed by atoms with Crippen molar-refractivity contribution in [1.82, 2.24) is 14.9 Å². The lowest BCUT2D eigenvalue weighted by molar-refractivity contribution is -0.139. The standard InChI is InChI=1S/C16H17N3O3/c1-9-14(18-10(2)17-9)15(20)19-7-11-5-3-4-6-12(11)13(8-19)16(21)22/h3-6,13H,7-8H2,1-2H3,(H,17,18)(H,21,22). The van der Waals surface area contributed by atoms with Gasteiger partial charge in [-0.05, 0) is 25.0 Å². The maximum atomic E-state index is 12.7. The fourth-order valence-corrected chi connectivity index (χ4v) is 2.94. The highest BCUT2D eigenvalue weighted by Crippen LogP contribution is 2.29. The molecule has 1 aromatic carbocycles. The van der Waals surface area contributed by atoms with Crippen LogP contribution in [-0.2, 0) is 11.3 Å². The molecule has 0 fully saturated rings. The summed E-state index contributed by atoms with van der Waals surface area (Å²) < 4.78 is 0. The summed E-state index contributed by atoms with van der Waals surface area (Å²) in [5, 5.41) is 9.45. The Morgan fingerprint density at radius 1 is 1.32 bits per heavy atom. The molecule has 0 saturated carbocycles. The van der Waals surface area contributed by atoms with Crippen molar-refractivity contribution in [2.75, 3.05) is 6.54 Å². The Hall–Kier alpha value is -2.63. The van der Waals surface area contributed by atoms with E-state index in [2.05, 4.69) is 9.97 Å². The number of H-pyrrole nitrogens is 1. The monoisotopic (exact) mass is 299 g/mol. The number of carboxylic acid groups (broad SMARTS) is 1. The van der Waals surface area contributed by atoms with Crippen LogP contribution in [0.25, 0.3) is 0 Å².